The molecule has 0 radical (unpaired) electrons. The zero-order chi connectivity index (χ0) is 18.7. The number of amides is 2. The highest BCUT2D eigenvalue weighted by Gasteiger charge is 2.11. The van der Waals surface area contributed by atoms with Crippen LogP contribution >= 0.6 is 0 Å². The van der Waals surface area contributed by atoms with Crippen molar-refractivity contribution in [3.8, 4) is 5.75 Å². The molecule has 0 bridgehead atoms. The Morgan fingerprint density at radius 2 is 1.80 bits per heavy atom. The molecule has 0 heterocycles. The largest absolute Gasteiger partial charge is 0.494 e. The number of benzene rings is 1. The van der Waals surface area contributed by atoms with E-state index in [-0.39, 0.29) is 17.7 Å². The van der Waals surface area contributed by atoms with Crippen LogP contribution in [-0.2, 0) is 14.3 Å². The molecule has 1 aromatic carbocycles. The van der Waals surface area contributed by atoms with Gasteiger partial charge in [-0.05, 0) is 30.9 Å². The number of unbranched alkanes of at least 4 members (excludes halogenated alkanes) is 2. The maximum Gasteiger partial charge on any atom is 0.224 e. The fourth-order valence-corrected chi connectivity index (χ4v) is 2.38. The van der Waals surface area contributed by atoms with Gasteiger partial charge in [0.2, 0.25) is 11.8 Å². The standard InChI is InChI=1S/C19H30N2O4/c1-14(2)12-19(23)21-16-10-9-15(13-17(16)25-4)20-18(22)8-6-5-7-11-24-3/h9-10,13-14H,5-8,11-12H2,1-4H3,(H,20,22)(H,21,23). The fourth-order valence-electron chi connectivity index (χ4n) is 2.38. The lowest BCUT2D eigenvalue weighted by atomic mass is 10.1. The Morgan fingerprint density at radius 1 is 1.04 bits per heavy atom. The lowest BCUT2D eigenvalue weighted by Crippen LogP contribution is -2.15. The molecule has 0 spiro atoms. The minimum absolute atomic E-state index is 0.0314. The fraction of sp³-hybridized carbons (Fsp3) is 0.579. The monoisotopic (exact) mass is 350 g/mol. The first kappa shape index (κ1) is 21.0. The minimum Gasteiger partial charge on any atom is -0.494 e. The average Bonchev–Trinajstić information content (AvgIpc) is 2.55. The van der Waals surface area contributed by atoms with Gasteiger partial charge in [-0.25, -0.2) is 0 Å². The van der Waals surface area contributed by atoms with Crippen molar-refractivity contribution < 1.29 is 19.1 Å². The van der Waals surface area contributed by atoms with Crippen LogP contribution in [-0.4, -0.2) is 32.6 Å². The molecule has 25 heavy (non-hydrogen) atoms. The molecule has 2 amide bonds. The highest BCUT2D eigenvalue weighted by atomic mass is 16.5. The molecule has 0 aliphatic carbocycles. The van der Waals surface area contributed by atoms with Crippen molar-refractivity contribution in [2.24, 2.45) is 5.92 Å². The zero-order valence-corrected chi connectivity index (χ0v) is 15.7. The highest BCUT2D eigenvalue weighted by molar-refractivity contribution is 5.94. The van der Waals surface area contributed by atoms with Crippen molar-refractivity contribution in [1.29, 1.82) is 0 Å². The molecule has 0 aliphatic heterocycles. The quantitative estimate of drug-likeness (QED) is 0.595. The van der Waals surface area contributed by atoms with E-state index >= 15 is 0 Å². The van der Waals surface area contributed by atoms with Crippen LogP contribution in [0.25, 0.3) is 0 Å². The van der Waals surface area contributed by atoms with E-state index in [9.17, 15) is 9.59 Å². The van der Waals surface area contributed by atoms with E-state index in [0.29, 0.717) is 30.0 Å². The molecule has 0 aliphatic rings. The Kier molecular flexibility index (Phi) is 9.62. The molecule has 0 aromatic heterocycles. The molecule has 0 saturated heterocycles. The Hall–Kier alpha value is -2.08. The molecule has 0 saturated carbocycles. The lowest BCUT2D eigenvalue weighted by Gasteiger charge is -2.13. The van der Waals surface area contributed by atoms with Gasteiger partial charge in [0.05, 0.1) is 12.8 Å². The second-order valence-corrected chi connectivity index (χ2v) is 6.41. The predicted octanol–water partition coefficient (Wildman–Crippen LogP) is 3.83. The van der Waals surface area contributed by atoms with Crippen LogP contribution in [0.4, 0.5) is 11.4 Å². The molecular weight excluding hydrogens is 320 g/mol. The SMILES string of the molecule is COCCCCCC(=O)Nc1ccc(NC(=O)CC(C)C)c(OC)c1. The van der Waals surface area contributed by atoms with Crippen LogP contribution in [0.1, 0.15) is 46.0 Å². The van der Waals surface area contributed by atoms with Gasteiger partial charge in [-0.3, -0.25) is 9.59 Å². The predicted molar refractivity (Wildman–Crippen MR) is 100 cm³/mol. The number of nitrogens with one attached hydrogen (secondary N) is 2. The Morgan fingerprint density at radius 3 is 2.44 bits per heavy atom. The van der Waals surface area contributed by atoms with E-state index in [4.69, 9.17) is 9.47 Å². The van der Waals surface area contributed by atoms with Gasteiger partial charge in [0, 0.05) is 38.3 Å². The summed E-state index contributed by atoms with van der Waals surface area (Å²) >= 11 is 0. The lowest BCUT2D eigenvalue weighted by molar-refractivity contribution is -0.117. The summed E-state index contributed by atoms with van der Waals surface area (Å²) in [4.78, 5) is 23.9. The highest BCUT2D eigenvalue weighted by Crippen LogP contribution is 2.28. The second-order valence-electron chi connectivity index (χ2n) is 6.41. The first-order chi connectivity index (χ1) is 12.0. The summed E-state index contributed by atoms with van der Waals surface area (Å²) in [5.74, 6) is 0.723. The van der Waals surface area contributed by atoms with Crippen LogP contribution in [0, 0.1) is 5.92 Å². The van der Waals surface area contributed by atoms with Gasteiger partial charge in [0.25, 0.3) is 0 Å². The van der Waals surface area contributed by atoms with Gasteiger partial charge in [-0.15, -0.1) is 0 Å². The van der Waals surface area contributed by atoms with Crippen molar-refractivity contribution in [2.45, 2.75) is 46.0 Å². The summed E-state index contributed by atoms with van der Waals surface area (Å²) < 4.78 is 10.3. The molecule has 1 aromatic rings. The van der Waals surface area contributed by atoms with E-state index in [1.165, 1.54) is 7.11 Å². The number of hydrogen-bond donors (Lipinski definition) is 2. The van der Waals surface area contributed by atoms with E-state index in [1.54, 1.807) is 25.3 Å². The number of ether oxygens (including phenoxy) is 2. The van der Waals surface area contributed by atoms with Crippen molar-refractivity contribution in [3.63, 3.8) is 0 Å². The van der Waals surface area contributed by atoms with E-state index in [2.05, 4.69) is 10.6 Å². The van der Waals surface area contributed by atoms with E-state index in [0.717, 1.165) is 25.9 Å². The maximum absolute atomic E-state index is 12.0. The summed E-state index contributed by atoms with van der Waals surface area (Å²) in [6, 6.07) is 5.22. The number of carbonyl (C=O) groups is 2. The molecule has 0 fully saturated rings. The Bertz CT molecular complexity index is 558. The van der Waals surface area contributed by atoms with Crippen LogP contribution in [0.3, 0.4) is 0 Å². The van der Waals surface area contributed by atoms with Crippen LogP contribution in [0.2, 0.25) is 0 Å². The summed E-state index contributed by atoms with van der Waals surface area (Å²) in [6.45, 7) is 4.71. The average molecular weight is 350 g/mol. The first-order valence-electron chi connectivity index (χ1n) is 8.73. The molecule has 6 nitrogen and oxygen atoms in total. The van der Waals surface area contributed by atoms with E-state index < -0.39 is 0 Å². The topological polar surface area (TPSA) is 76.7 Å². The number of hydrogen-bond acceptors (Lipinski definition) is 4. The van der Waals surface area contributed by atoms with Gasteiger partial charge >= 0.3 is 0 Å². The third-order valence-corrected chi connectivity index (χ3v) is 3.61. The van der Waals surface area contributed by atoms with Crippen molar-refractivity contribution in [2.75, 3.05) is 31.5 Å². The second kappa shape index (κ2) is 11.5. The third kappa shape index (κ3) is 8.54. The molecule has 1 rings (SSSR count). The van der Waals surface area contributed by atoms with Gasteiger partial charge in [0.15, 0.2) is 0 Å². The minimum atomic E-state index is -0.0545. The number of methoxy groups -OCH3 is 2. The van der Waals surface area contributed by atoms with Gasteiger partial charge in [-0.2, -0.15) is 0 Å². The molecule has 140 valence electrons. The van der Waals surface area contributed by atoms with Gasteiger partial charge in [-0.1, -0.05) is 20.3 Å². The van der Waals surface area contributed by atoms with Crippen LogP contribution in [0.15, 0.2) is 18.2 Å². The van der Waals surface area contributed by atoms with E-state index in [1.807, 2.05) is 13.8 Å². The van der Waals surface area contributed by atoms with Crippen LogP contribution < -0.4 is 15.4 Å². The van der Waals surface area contributed by atoms with Crippen molar-refractivity contribution in [1.82, 2.24) is 0 Å². The summed E-state index contributed by atoms with van der Waals surface area (Å²) in [5.41, 5.74) is 1.26. The van der Waals surface area contributed by atoms with Crippen molar-refractivity contribution in [3.05, 3.63) is 18.2 Å². The van der Waals surface area contributed by atoms with Crippen molar-refractivity contribution >= 4 is 23.2 Å². The molecule has 0 unspecified atom stereocenters. The zero-order valence-electron chi connectivity index (χ0n) is 15.7. The third-order valence-electron chi connectivity index (χ3n) is 3.61. The molecule has 0 atom stereocenters. The first-order valence-corrected chi connectivity index (χ1v) is 8.73. The van der Waals surface area contributed by atoms with Gasteiger partial charge < -0.3 is 20.1 Å². The summed E-state index contributed by atoms with van der Waals surface area (Å²) in [7, 11) is 3.21. The maximum atomic E-state index is 12.0. The molecular formula is C19H30N2O4. The van der Waals surface area contributed by atoms with Crippen LogP contribution in [0.5, 0.6) is 5.75 Å². The number of carbonyl (C=O) groups excluding carboxylic acids is 2. The number of rotatable bonds is 11. The Labute approximate surface area is 150 Å². The number of anilines is 2. The summed E-state index contributed by atoms with van der Waals surface area (Å²) in [6.07, 6.45) is 3.67. The Balaban J connectivity index is 2.56. The normalized spacial score (nSPS) is 10.6. The molecule has 6 heteroatoms. The molecule has 2 N–H and O–H groups in total. The van der Waals surface area contributed by atoms with Gasteiger partial charge in [0.1, 0.15) is 5.75 Å². The summed E-state index contributed by atoms with van der Waals surface area (Å²) in [5, 5.41) is 5.70. The smallest absolute Gasteiger partial charge is 0.224 e.